The van der Waals surface area contributed by atoms with Gasteiger partial charge in [-0.3, -0.25) is 4.98 Å². The smallest absolute Gasteiger partial charge is 0.0702 e. The first-order valence-electron chi connectivity index (χ1n) is 10.9. The first kappa shape index (κ1) is 20.3. The molecule has 1 aromatic heterocycles. The van der Waals surface area contributed by atoms with Crippen molar-refractivity contribution >= 4 is 0 Å². The highest BCUT2D eigenvalue weighted by atomic mass is 14.7. The van der Waals surface area contributed by atoms with Crippen LogP contribution in [0, 0.1) is 0 Å². The van der Waals surface area contributed by atoms with E-state index in [0.29, 0.717) is 0 Å². The lowest BCUT2D eigenvalue weighted by Crippen LogP contribution is -1.94. The second-order valence-corrected chi connectivity index (χ2v) is 7.73. The third-order valence-corrected chi connectivity index (χ3v) is 5.53. The van der Waals surface area contributed by atoms with E-state index in [2.05, 4.69) is 74.5 Å². The van der Waals surface area contributed by atoms with E-state index in [1.54, 1.807) is 0 Å². The minimum Gasteiger partial charge on any atom is -0.256 e. The fraction of sp³-hybridized carbons (Fsp3) is 0.370. The molecule has 0 aliphatic heterocycles. The summed E-state index contributed by atoms with van der Waals surface area (Å²) in [6.07, 6.45) is 11.7. The van der Waals surface area contributed by atoms with Crippen LogP contribution >= 0.6 is 0 Å². The summed E-state index contributed by atoms with van der Waals surface area (Å²) in [5.74, 6) is 0. The Hall–Kier alpha value is -2.41. The van der Waals surface area contributed by atoms with Crippen LogP contribution < -0.4 is 0 Å². The lowest BCUT2D eigenvalue weighted by molar-refractivity contribution is 0.667. The minimum absolute atomic E-state index is 1.04. The fourth-order valence-corrected chi connectivity index (χ4v) is 3.57. The summed E-state index contributed by atoms with van der Waals surface area (Å²) in [6, 6.07) is 22.3. The van der Waals surface area contributed by atoms with E-state index >= 15 is 0 Å². The number of pyridine rings is 1. The largest absolute Gasteiger partial charge is 0.256 e. The molecule has 0 aliphatic rings. The molecule has 0 unspecified atom stereocenters. The molecule has 0 saturated carbocycles. The highest BCUT2D eigenvalue weighted by molar-refractivity contribution is 5.59. The van der Waals surface area contributed by atoms with Crippen LogP contribution in [0.1, 0.15) is 61.8 Å². The second kappa shape index (κ2) is 10.8. The summed E-state index contributed by atoms with van der Waals surface area (Å²) < 4.78 is 0. The van der Waals surface area contributed by atoms with Crippen LogP contribution in [0.4, 0.5) is 0 Å². The van der Waals surface area contributed by atoms with Crippen molar-refractivity contribution in [1.29, 1.82) is 0 Å². The zero-order valence-corrected chi connectivity index (χ0v) is 17.5. The van der Waals surface area contributed by atoms with Gasteiger partial charge in [-0.15, -0.1) is 0 Å². The van der Waals surface area contributed by atoms with Crippen molar-refractivity contribution in [1.82, 2.24) is 4.98 Å². The highest BCUT2D eigenvalue weighted by Crippen LogP contribution is 2.19. The molecular formula is C27H33N. The molecule has 0 N–H and O–H groups in total. The predicted octanol–water partition coefficient (Wildman–Crippen LogP) is 7.22. The van der Waals surface area contributed by atoms with Crippen molar-refractivity contribution in [3.63, 3.8) is 0 Å². The van der Waals surface area contributed by atoms with Crippen LogP contribution in [0.5, 0.6) is 0 Å². The molecular weight excluding hydrogens is 338 g/mol. The zero-order valence-electron chi connectivity index (χ0n) is 17.5. The lowest BCUT2D eigenvalue weighted by atomic mass is 10.0. The molecule has 146 valence electrons. The van der Waals surface area contributed by atoms with Crippen molar-refractivity contribution in [2.75, 3.05) is 0 Å². The maximum Gasteiger partial charge on any atom is 0.0702 e. The Kier molecular flexibility index (Phi) is 7.84. The van der Waals surface area contributed by atoms with Crippen molar-refractivity contribution in [2.24, 2.45) is 0 Å². The SMILES string of the molecule is CCCCCCc1ccc(-c2ccc(CCc3ccc(CC)cc3)cn2)cc1. The molecule has 0 fully saturated rings. The van der Waals surface area contributed by atoms with E-state index in [1.807, 2.05) is 6.20 Å². The number of hydrogen-bond donors (Lipinski definition) is 0. The van der Waals surface area contributed by atoms with Gasteiger partial charge >= 0.3 is 0 Å². The van der Waals surface area contributed by atoms with Gasteiger partial charge in [0.15, 0.2) is 0 Å². The molecule has 0 saturated heterocycles. The van der Waals surface area contributed by atoms with Crippen LogP contribution in [0.25, 0.3) is 11.3 Å². The molecule has 0 amide bonds. The zero-order chi connectivity index (χ0) is 19.6. The summed E-state index contributed by atoms with van der Waals surface area (Å²) >= 11 is 0. The van der Waals surface area contributed by atoms with E-state index in [9.17, 15) is 0 Å². The molecule has 1 heterocycles. The van der Waals surface area contributed by atoms with Crippen LogP contribution in [0.15, 0.2) is 66.9 Å². The summed E-state index contributed by atoms with van der Waals surface area (Å²) in [5, 5.41) is 0. The fourth-order valence-electron chi connectivity index (χ4n) is 3.57. The number of nitrogens with zero attached hydrogens (tertiary/aromatic N) is 1. The average Bonchev–Trinajstić information content (AvgIpc) is 2.76. The second-order valence-electron chi connectivity index (χ2n) is 7.73. The molecule has 3 aromatic rings. The maximum absolute atomic E-state index is 4.70. The van der Waals surface area contributed by atoms with E-state index < -0.39 is 0 Å². The Morgan fingerprint density at radius 1 is 0.571 bits per heavy atom. The van der Waals surface area contributed by atoms with Crippen LogP contribution in [-0.4, -0.2) is 4.98 Å². The van der Waals surface area contributed by atoms with Gasteiger partial charge in [0.25, 0.3) is 0 Å². The van der Waals surface area contributed by atoms with Gasteiger partial charge in [0.2, 0.25) is 0 Å². The topological polar surface area (TPSA) is 12.9 Å². The highest BCUT2D eigenvalue weighted by Gasteiger charge is 2.02. The van der Waals surface area contributed by atoms with Crippen LogP contribution in [0.3, 0.4) is 0 Å². The van der Waals surface area contributed by atoms with E-state index in [-0.39, 0.29) is 0 Å². The normalized spacial score (nSPS) is 10.9. The summed E-state index contributed by atoms with van der Waals surface area (Å²) in [7, 11) is 0. The molecule has 28 heavy (non-hydrogen) atoms. The van der Waals surface area contributed by atoms with Crippen molar-refractivity contribution in [3.05, 3.63) is 89.1 Å². The minimum atomic E-state index is 1.04. The van der Waals surface area contributed by atoms with Crippen molar-refractivity contribution in [2.45, 2.75) is 65.2 Å². The predicted molar refractivity (Wildman–Crippen MR) is 121 cm³/mol. The molecule has 1 nitrogen and oxygen atoms in total. The number of aryl methyl sites for hydroxylation is 4. The third-order valence-electron chi connectivity index (χ3n) is 5.53. The molecule has 0 spiro atoms. The average molecular weight is 372 g/mol. The Morgan fingerprint density at radius 3 is 1.82 bits per heavy atom. The van der Waals surface area contributed by atoms with Gasteiger partial charge in [-0.05, 0) is 60.4 Å². The summed E-state index contributed by atoms with van der Waals surface area (Å²) in [5.41, 5.74) is 7.81. The summed E-state index contributed by atoms with van der Waals surface area (Å²) in [4.78, 5) is 4.70. The van der Waals surface area contributed by atoms with Crippen molar-refractivity contribution < 1.29 is 0 Å². The monoisotopic (exact) mass is 371 g/mol. The number of hydrogen-bond acceptors (Lipinski definition) is 1. The molecule has 3 rings (SSSR count). The van der Waals surface area contributed by atoms with Gasteiger partial charge < -0.3 is 0 Å². The first-order chi connectivity index (χ1) is 13.8. The van der Waals surface area contributed by atoms with Crippen LogP contribution in [-0.2, 0) is 25.7 Å². The first-order valence-corrected chi connectivity index (χ1v) is 10.9. The number of rotatable bonds is 10. The Bertz CT molecular complexity index is 814. The molecule has 0 atom stereocenters. The van der Waals surface area contributed by atoms with Gasteiger partial charge in [-0.25, -0.2) is 0 Å². The quantitative estimate of drug-likeness (QED) is 0.343. The molecule has 0 bridgehead atoms. The molecule has 0 aliphatic carbocycles. The van der Waals surface area contributed by atoms with E-state index in [0.717, 1.165) is 25.0 Å². The van der Waals surface area contributed by atoms with Gasteiger partial charge in [0, 0.05) is 11.8 Å². The third kappa shape index (κ3) is 6.05. The Morgan fingerprint density at radius 2 is 1.18 bits per heavy atom. The Balaban J connectivity index is 1.53. The van der Waals surface area contributed by atoms with Crippen LogP contribution in [0.2, 0.25) is 0 Å². The van der Waals surface area contributed by atoms with Gasteiger partial charge in [-0.2, -0.15) is 0 Å². The molecule has 0 radical (unpaired) electrons. The number of benzene rings is 2. The van der Waals surface area contributed by atoms with Gasteiger partial charge in [0.1, 0.15) is 0 Å². The van der Waals surface area contributed by atoms with Gasteiger partial charge in [0.05, 0.1) is 5.69 Å². The maximum atomic E-state index is 4.70. The Labute approximate surface area is 170 Å². The lowest BCUT2D eigenvalue weighted by Gasteiger charge is -2.06. The molecule has 1 heteroatoms. The van der Waals surface area contributed by atoms with E-state index in [1.165, 1.54) is 59.9 Å². The number of aromatic nitrogens is 1. The van der Waals surface area contributed by atoms with Crippen molar-refractivity contribution in [3.8, 4) is 11.3 Å². The van der Waals surface area contributed by atoms with E-state index in [4.69, 9.17) is 4.98 Å². The molecule has 2 aromatic carbocycles. The van der Waals surface area contributed by atoms with Gasteiger partial charge in [-0.1, -0.05) is 87.7 Å². The number of unbranched alkanes of at least 4 members (excludes halogenated alkanes) is 3. The summed E-state index contributed by atoms with van der Waals surface area (Å²) in [6.45, 7) is 4.46. The standard InChI is InChI=1S/C27H33N/c1-3-5-6-7-8-23-15-18-26(19-16-23)27-20-17-25(21-28-27)14-13-24-11-9-22(4-2)10-12-24/h9-12,15-21H,3-8,13-14H2,1-2H3.